The van der Waals surface area contributed by atoms with E-state index in [1.807, 2.05) is 0 Å². The predicted octanol–water partition coefficient (Wildman–Crippen LogP) is 2.66. The zero-order chi connectivity index (χ0) is 13.5. The fourth-order valence-electron chi connectivity index (χ4n) is 1.65. The van der Waals surface area contributed by atoms with Gasteiger partial charge >= 0.3 is 6.18 Å². The summed E-state index contributed by atoms with van der Waals surface area (Å²) in [7, 11) is 0. The Morgan fingerprint density at radius 1 is 1.39 bits per heavy atom. The lowest BCUT2D eigenvalue weighted by Crippen LogP contribution is -2.41. The van der Waals surface area contributed by atoms with E-state index < -0.39 is 30.3 Å². The summed E-state index contributed by atoms with van der Waals surface area (Å²) >= 11 is 5.64. The monoisotopic (exact) mass is 278 g/mol. The Morgan fingerprint density at radius 2 is 2.06 bits per heavy atom. The van der Waals surface area contributed by atoms with Crippen molar-refractivity contribution < 1.29 is 27.5 Å². The van der Waals surface area contributed by atoms with E-state index in [0.717, 1.165) is 0 Å². The fourth-order valence-corrected chi connectivity index (χ4v) is 1.82. The molecule has 0 aromatic heterocycles. The maximum Gasteiger partial charge on any atom is 0.450 e. The topological polar surface area (TPSA) is 43.4 Å². The van der Waals surface area contributed by atoms with E-state index in [2.05, 4.69) is 0 Å². The van der Waals surface area contributed by atoms with Crippen LogP contribution in [0.2, 0.25) is 5.02 Å². The molecule has 1 unspecified atom stereocenters. The van der Waals surface area contributed by atoms with Crippen LogP contribution in [0.5, 0.6) is 5.75 Å². The molecule has 0 radical (unpaired) electrons. The predicted molar refractivity (Wildman–Crippen MR) is 55.8 cm³/mol. The summed E-state index contributed by atoms with van der Waals surface area (Å²) in [4.78, 5) is 22.9. The number of benzene rings is 1. The van der Waals surface area contributed by atoms with E-state index in [9.17, 15) is 22.8 Å². The fraction of sp³-hybridized carbons (Fsp3) is 0.273. The lowest BCUT2D eigenvalue weighted by Gasteiger charge is -2.23. The van der Waals surface area contributed by atoms with Gasteiger partial charge in [0.2, 0.25) is 0 Å². The smallest absolute Gasteiger partial charge is 0.450 e. The first-order chi connectivity index (χ1) is 8.30. The zero-order valence-electron chi connectivity index (χ0n) is 8.75. The Balaban J connectivity index is 2.36. The summed E-state index contributed by atoms with van der Waals surface area (Å²) < 4.78 is 41.8. The number of rotatable bonds is 1. The van der Waals surface area contributed by atoms with Crippen LogP contribution in [0.15, 0.2) is 18.2 Å². The first-order valence-corrected chi connectivity index (χ1v) is 5.26. The number of carbonyl (C=O) groups excluding carboxylic acids is 2. The van der Waals surface area contributed by atoms with E-state index in [1.54, 1.807) is 0 Å². The maximum absolute atomic E-state index is 12.3. The molecule has 1 aliphatic heterocycles. The molecule has 3 nitrogen and oxygen atoms in total. The zero-order valence-corrected chi connectivity index (χ0v) is 9.51. The Labute approximate surface area is 104 Å². The minimum atomic E-state index is -5.06. The summed E-state index contributed by atoms with van der Waals surface area (Å²) in [6.45, 7) is -0.605. The second-order valence-corrected chi connectivity index (χ2v) is 4.17. The van der Waals surface area contributed by atoms with E-state index in [1.165, 1.54) is 18.2 Å². The number of ketones is 2. The van der Waals surface area contributed by atoms with Crippen molar-refractivity contribution in [2.75, 3.05) is 6.61 Å². The molecule has 1 aromatic carbocycles. The van der Waals surface area contributed by atoms with Crippen LogP contribution in [0.4, 0.5) is 13.2 Å². The van der Waals surface area contributed by atoms with Gasteiger partial charge in [-0.2, -0.15) is 13.2 Å². The molecular weight excluding hydrogens is 273 g/mol. The second-order valence-electron chi connectivity index (χ2n) is 3.73. The SMILES string of the molecule is O=C1c2cc(Cl)ccc2OCC1C(=O)C(F)(F)F. The molecule has 96 valence electrons. The third kappa shape index (κ3) is 2.20. The molecular formula is C11H6ClF3O3. The minimum absolute atomic E-state index is 0.101. The average Bonchev–Trinajstić information content (AvgIpc) is 2.28. The highest BCUT2D eigenvalue weighted by atomic mass is 35.5. The van der Waals surface area contributed by atoms with Gasteiger partial charge in [0.25, 0.3) is 5.78 Å². The summed E-state index contributed by atoms with van der Waals surface area (Å²) in [5.74, 6) is -4.73. The minimum Gasteiger partial charge on any atom is -0.492 e. The highest BCUT2D eigenvalue weighted by Gasteiger charge is 2.48. The van der Waals surface area contributed by atoms with Crippen LogP contribution in [-0.2, 0) is 4.79 Å². The van der Waals surface area contributed by atoms with Crippen LogP contribution in [0, 0.1) is 5.92 Å². The Bertz CT molecular complexity index is 525. The van der Waals surface area contributed by atoms with Crippen LogP contribution in [-0.4, -0.2) is 24.3 Å². The van der Waals surface area contributed by atoms with Crippen molar-refractivity contribution in [1.29, 1.82) is 0 Å². The van der Waals surface area contributed by atoms with Gasteiger partial charge in [-0.15, -0.1) is 0 Å². The molecule has 0 fully saturated rings. The van der Waals surface area contributed by atoms with Gasteiger partial charge in [-0.25, -0.2) is 0 Å². The number of Topliss-reactive ketones (excluding diaryl/α,β-unsaturated/α-hetero) is 2. The third-order valence-electron chi connectivity index (χ3n) is 2.52. The normalized spacial score (nSPS) is 19.1. The van der Waals surface area contributed by atoms with Gasteiger partial charge in [-0.05, 0) is 18.2 Å². The van der Waals surface area contributed by atoms with Gasteiger partial charge in [0.15, 0.2) is 5.78 Å². The molecule has 0 saturated heterocycles. The highest BCUT2D eigenvalue weighted by Crippen LogP contribution is 2.32. The molecule has 1 atom stereocenters. The Hall–Kier alpha value is -1.56. The Morgan fingerprint density at radius 3 is 2.67 bits per heavy atom. The first-order valence-electron chi connectivity index (χ1n) is 4.88. The molecule has 7 heteroatoms. The summed E-state index contributed by atoms with van der Waals surface area (Å²) in [6.07, 6.45) is -5.06. The number of hydrogen-bond acceptors (Lipinski definition) is 3. The number of hydrogen-bond donors (Lipinski definition) is 0. The third-order valence-corrected chi connectivity index (χ3v) is 2.76. The molecule has 0 saturated carbocycles. The number of carbonyl (C=O) groups is 2. The van der Waals surface area contributed by atoms with Crippen molar-refractivity contribution in [3.8, 4) is 5.75 Å². The lowest BCUT2D eigenvalue weighted by molar-refractivity contribution is -0.174. The second kappa shape index (κ2) is 4.28. The highest BCUT2D eigenvalue weighted by molar-refractivity contribution is 6.31. The largest absolute Gasteiger partial charge is 0.492 e. The van der Waals surface area contributed by atoms with Crippen molar-refractivity contribution >= 4 is 23.2 Å². The van der Waals surface area contributed by atoms with Gasteiger partial charge in [0.1, 0.15) is 18.3 Å². The van der Waals surface area contributed by atoms with Gasteiger partial charge in [-0.3, -0.25) is 9.59 Å². The summed E-state index contributed by atoms with van der Waals surface area (Å²) in [5.41, 5.74) is -0.101. The maximum atomic E-state index is 12.3. The molecule has 0 amide bonds. The van der Waals surface area contributed by atoms with Crippen molar-refractivity contribution in [2.45, 2.75) is 6.18 Å². The number of ether oxygens (including phenoxy) is 1. The van der Waals surface area contributed by atoms with Crippen LogP contribution in [0.1, 0.15) is 10.4 Å². The standard InChI is InChI=1S/C11H6ClF3O3/c12-5-1-2-8-6(3-5)9(16)7(4-18-8)10(17)11(13,14)15/h1-3,7H,4H2. The van der Waals surface area contributed by atoms with Crippen molar-refractivity contribution in [3.05, 3.63) is 28.8 Å². The molecule has 1 heterocycles. The summed E-state index contributed by atoms with van der Waals surface area (Å²) in [5, 5.41) is 0.186. The van der Waals surface area contributed by atoms with Crippen molar-refractivity contribution in [3.63, 3.8) is 0 Å². The van der Waals surface area contributed by atoms with Gasteiger partial charge in [-0.1, -0.05) is 11.6 Å². The molecule has 2 rings (SSSR count). The van der Waals surface area contributed by atoms with E-state index in [-0.39, 0.29) is 16.3 Å². The average molecular weight is 279 g/mol. The molecule has 1 aromatic rings. The lowest BCUT2D eigenvalue weighted by atomic mass is 9.91. The Kier molecular flexibility index (Phi) is 3.06. The van der Waals surface area contributed by atoms with E-state index in [4.69, 9.17) is 16.3 Å². The number of halogens is 4. The first kappa shape index (κ1) is 12.9. The molecule has 1 aliphatic rings. The van der Waals surface area contributed by atoms with Crippen LogP contribution in [0.25, 0.3) is 0 Å². The van der Waals surface area contributed by atoms with Gasteiger partial charge in [0.05, 0.1) is 5.56 Å². The van der Waals surface area contributed by atoms with Crippen molar-refractivity contribution in [1.82, 2.24) is 0 Å². The quantitative estimate of drug-likeness (QED) is 0.742. The molecule has 0 bridgehead atoms. The van der Waals surface area contributed by atoms with Crippen molar-refractivity contribution in [2.24, 2.45) is 5.92 Å². The van der Waals surface area contributed by atoms with E-state index in [0.29, 0.717) is 0 Å². The van der Waals surface area contributed by atoms with Crippen LogP contribution in [0.3, 0.4) is 0 Å². The molecule has 0 spiro atoms. The van der Waals surface area contributed by atoms with E-state index >= 15 is 0 Å². The molecule has 0 aliphatic carbocycles. The van der Waals surface area contributed by atoms with Gasteiger partial charge in [0, 0.05) is 5.02 Å². The summed E-state index contributed by atoms with van der Waals surface area (Å²) in [6, 6.07) is 4.01. The number of fused-ring (bicyclic) bond motifs is 1. The molecule has 0 N–H and O–H groups in total. The number of alkyl halides is 3. The van der Waals surface area contributed by atoms with Crippen LogP contribution < -0.4 is 4.74 Å². The van der Waals surface area contributed by atoms with Crippen LogP contribution >= 0.6 is 11.6 Å². The van der Waals surface area contributed by atoms with Gasteiger partial charge < -0.3 is 4.74 Å². The molecule has 18 heavy (non-hydrogen) atoms.